The lowest BCUT2D eigenvalue weighted by Gasteiger charge is -2.31. The third-order valence-electron chi connectivity index (χ3n) is 3.57. The highest BCUT2D eigenvalue weighted by Crippen LogP contribution is 2.23. The SMILES string of the molecule is C/C=C(/C(=O)N(C(=O)OC(C)(C)C)/C(=C\C)C(=O)OC)N(C(=O)OC(C)(C)C)C(=O)OC(C)(C)C. The van der Waals surface area contributed by atoms with Crippen LogP contribution in [0.15, 0.2) is 23.5 Å². The van der Waals surface area contributed by atoms with Crippen molar-refractivity contribution in [3.63, 3.8) is 0 Å². The molecule has 35 heavy (non-hydrogen) atoms. The van der Waals surface area contributed by atoms with Crippen LogP contribution in [-0.4, -0.2) is 63.9 Å². The number of ether oxygens (including phenoxy) is 4. The predicted octanol–water partition coefficient (Wildman–Crippen LogP) is 4.90. The fourth-order valence-electron chi connectivity index (χ4n) is 2.39. The summed E-state index contributed by atoms with van der Waals surface area (Å²) >= 11 is 0. The van der Waals surface area contributed by atoms with Gasteiger partial charge in [-0.1, -0.05) is 12.2 Å². The molecule has 0 aromatic heterocycles. The van der Waals surface area contributed by atoms with Crippen molar-refractivity contribution in [1.82, 2.24) is 9.80 Å². The summed E-state index contributed by atoms with van der Waals surface area (Å²) in [5, 5.41) is 0. The maximum absolute atomic E-state index is 13.7. The van der Waals surface area contributed by atoms with Gasteiger partial charge in [-0.25, -0.2) is 24.1 Å². The van der Waals surface area contributed by atoms with Gasteiger partial charge in [0.2, 0.25) is 0 Å². The second-order valence-corrected chi connectivity index (χ2v) is 10.3. The van der Waals surface area contributed by atoms with E-state index in [-0.39, 0.29) is 0 Å². The molecule has 0 rings (SSSR count). The molecule has 0 radical (unpaired) electrons. The van der Waals surface area contributed by atoms with E-state index in [1.54, 1.807) is 62.3 Å². The molecule has 0 aliphatic heterocycles. The minimum Gasteiger partial charge on any atom is -0.464 e. The van der Waals surface area contributed by atoms with Crippen molar-refractivity contribution in [2.24, 2.45) is 0 Å². The molecule has 4 amide bonds. The second kappa shape index (κ2) is 11.9. The van der Waals surface area contributed by atoms with Crippen LogP contribution in [0.3, 0.4) is 0 Å². The lowest BCUT2D eigenvalue weighted by molar-refractivity contribution is -0.141. The molecule has 0 saturated carbocycles. The molecule has 11 nitrogen and oxygen atoms in total. The average Bonchev–Trinajstić information content (AvgIpc) is 2.64. The molecule has 0 spiro atoms. The van der Waals surface area contributed by atoms with E-state index >= 15 is 0 Å². The lowest BCUT2D eigenvalue weighted by atomic mass is 10.2. The fourth-order valence-corrected chi connectivity index (χ4v) is 2.39. The molecule has 0 fully saturated rings. The van der Waals surface area contributed by atoms with Crippen LogP contribution in [0, 0.1) is 0 Å². The average molecular weight is 499 g/mol. The zero-order valence-corrected chi connectivity index (χ0v) is 22.7. The number of hydrogen-bond acceptors (Lipinski definition) is 9. The van der Waals surface area contributed by atoms with E-state index in [1.165, 1.54) is 13.8 Å². The normalized spacial score (nSPS) is 12.9. The third-order valence-corrected chi connectivity index (χ3v) is 3.57. The smallest absolute Gasteiger partial charge is 0.424 e. The summed E-state index contributed by atoms with van der Waals surface area (Å²) in [4.78, 5) is 65.8. The molecule has 0 aliphatic carbocycles. The minimum atomic E-state index is -1.23. The standard InChI is InChI=1S/C24H38N2O9/c1-13-15(26(20(30)34-23(6,7)8)21(31)35-24(9,10)11)17(27)25(16(14-2)18(28)32-12)19(29)33-22(3,4)5/h13-14H,1-12H3/b15-13-,16-14-. The molecule has 0 aromatic carbocycles. The Labute approximate surface area is 207 Å². The van der Waals surface area contributed by atoms with Crippen molar-refractivity contribution in [3.8, 4) is 0 Å². The Kier molecular flexibility index (Phi) is 10.7. The minimum absolute atomic E-state index is 0.362. The number of rotatable bonds is 4. The monoisotopic (exact) mass is 498 g/mol. The molecule has 0 heterocycles. The number of carbonyl (C=O) groups excluding carboxylic acids is 5. The highest BCUT2D eigenvalue weighted by Gasteiger charge is 2.42. The van der Waals surface area contributed by atoms with Crippen LogP contribution in [-0.2, 0) is 28.5 Å². The number of esters is 1. The summed E-state index contributed by atoms with van der Waals surface area (Å²) < 4.78 is 20.6. The first-order chi connectivity index (χ1) is 15.7. The van der Waals surface area contributed by atoms with Crippen LogP contribution in [0.5, 0.6) is 0 Å². The maximum Gasteiger partial charge on any atom is 0.424 e. The summed E-state index contributed by atoms with van der Waals surface area (Å²) in [6.45, 7) is 16.8. The number of imide groups is 2. The van der Waals surface area contributed by atoms with E-state index < -0.39 is 58.4 Å². The number of nitrogens with zero attached hydrogens (tertiary/aromatic N) is 2. The first-order valence-corrected chi connectivity index (χ1v) is 10.9. The predicted molar refractivity (Wildman–Crippen MR) is 127 cm³/mol. The van der Waals surface area contributed by atoms with Crippen LogP contribution in [0.2, 0.25) is 0 Å². The van der Waals surface area contributed by atoms with Gasteiger partial charge in [0.05, 0.1) is 7.11 Å². The van der Waals surface area contributed by atoms with E-state index in [9.17, 15) is 24.0 Å². The van der Waals surface area contributed by atoms with Gasteiger partial charge in [-0.3, -0.25) is 4.79 Å². The molecule has 0 aromatic rings. The molecule has 0 aliphatic rings. The third kappa shape index (κ3) is 10.2. The van der Waals surface area contributed by atoms with Crippen molar-refractivity contribution in [2.75, 3.05) is 7.11 Å². The van der Waals surface area contributed by atoms with Gasteiger partial charge in [0, 0.05) is 0 Å². The fraction of sp³-hybridized carbons (Fsp3) is 0.625. The lowest BCUT2D eigenvalue weighted by Crippen LogP contribution is -2.50. The van der Waals surface area contributed by atoms with Gasteiger partial charge in [-0.2, -0.15) is 4.90 Å². The molecule has 0 atom stereocenters. The van der Waals surface area contributed by atoms with Crippen LogP contribution in [0.1, 0.15) is 76.2 Å². The van der Waals surface area contributed by atoms with Gasteiger partial charge in [0.15, 0.2) is 0 Å². The van der Waals surface area contributed by atoms with Gasteiger partial charge >= 0.3 is 24.2 Å². The largest absolute Gasteiger partial charge is 0.464 e. The maximum atomic E-state index is 13.7. The van der Waals surface area contributed by atoms with Crippen LogP contribution in [0.25, 0.3) is 0 Å². The van der Waals surface area contributed by atoms with Gasteiger partial charge < -0.3 is 18.9 Å². The van der Waals surface area contributed by atoms with E-state index in [2.05, 4.69) is 4.74 Å². The van der Waals surface area contributed by atoms with Crippen LogP contribution >= 0.6 is 0 Å². The van der Waals surface area contributed by atoms with Crippen LogP contribution < -0.4 is 0 Å². The van der Waals surface area contributed by atoms with E-state index in [4.69, 9.17) is 14.2 Å². The van der Waals surface area contributed by atoms with Gasteiger partial charge in [0.25, 0.3) is 5.91 Å². The van der Waals surface area contributed by atoms with Crippen molar-refractivity contribution in [1.29, 1.82) is 0 Å². The molecule has 0 saturated heterocycles. The van der Waals surface area contributed by atoms with Crippen molar-refractivity contribution in [2.45, 2.75) is 93.0 Å². The Morgan fingerprint density at radius 1 is 0.571 bits per heavy atom. The highest BCUT2D eigenvalue weighted by molar-refractivity contribution is 6.12. The van der Waals surface area contributed by atoms with E-state index in [1.807, 2.05) is 0 Å². The Hall–Kier alpha value is -3.37. The van der Waals surface area contributed by atoms with Gasteiger partial charge in [-0.15, -0.1) is 0 Å². The molecule has 0 unspecified atom stereocenters. The van der Waals surface area contributed by atoms with Crippen molar-refractivity contribution < 1.29 is 42.9 Å². The summed E-state index contributed by atoms with van der Waals surface area (Å²) in [5.74, 6) is -2.25. The summed E-state index contributed by atoms with van der Waals surface area (Å²) in [6, 6.07) is 0. The van der Waals surface area contributed by atoms with E-state index in [0.29, 0.717) is 9.80 Å². The van der Waals surface area contributed by atoms with Crippen molar-refractivity contribution in [3.05, 3.63) is 23.5 Å². The number of allylic oxidation sites excluding steroid dienone is 2. The summed E-state index contributed by atoms with van der Waals surface area (Å²) in [5.41, 5.74) is -4.21. The first-order valence-electron chi connectivity index (χ1n) is 10.9. The Morgan fingerprint density at radius 3 is 1.14 bits per heavy atom. The molecule has 0 N–H and O–H groups in total. The number of hydrogen-bond donors (Lipinski definition) is 0. The second-order valence-electron chi connectivity index (χ2n) is 10.3. The molecule has 198 valence electrons. The summed E-state index contributed by atoms with van der Waals surface area (Å²) in [6.07, 6.45) is -1.41. The summed E-state index contributed by atoms with van der Waals surface area (Å²) in [7, 11) is 1.06. The zero-order valence-electron chi connectivity index (χ0n) is 22.7. The number of amides is 4. The number of methoxy groups -OCH3 is 1. The van der Waals surface area contributed by atoms with E-state index in [0.717, 1.165) is 19.3 Å². The zero-order chi connectivity index (χ0) is 27.9. The van der Waals surface area contributed by atoms with Gasteiger partial charge in [-0.05, 0) is 76.2 Å². The number of carbonyl (C=O) groups is 5. The topological polar surface area (TPSA) is 129 Å². The van der Waals surface area contributed by atoms with Crippen molar-refractivity contribution >= 4 is 30.2 Å². The van der Waals surface area contributed by atoms with Crippen LogP contribution in [0.4, 0.5) is 14.4 Å². The Morgan fingerprint density at radius 2 is 0.886 bits per heavy atom. The highest BCUT2D eigenvalue weighted by atomic mass is 16.6. The molecular formula is C24H38N2O9. The first kappa shape index (κ1) is 31.6. The Bertz CT molecular complexity index is 869. The molecular weight excluding hydrogens is 460 g/mol. The molecule has 0 bridgehead atoms. The quantitative estimate of drug-likeness (QED) is 0.302. The molecule has 11 heteroatoms. The Balaban J connectivity index is 6.83. The van der Waals surface area contributed by atoms with Gasteiger partial charge in [0.1, 0.15) is 28.2 Å².